The number of rotatable bonds is 6. The third-order valence-corrected chi connectivity index (χ3v) is 3.62. The number of ether oxygens (including phenoxy) is 1. The molecule has 1 saturated heterocycles. The van der Waals surface area contributed by atoms with Gasteiger partial charge in [0, 0.05) is 0 Å². The number of aliphatic carboxylic acids is 1. The molecule has 2 rings (SSSR count). The van der Waals surface area contributed by atoms with Crippen molar-refractivity contribution < 1.29 is 24.2 Å². The molecular weight excluding hydrogens is 306 g/mol. The van der Waals surface area contributed by atoms with E-state index in [1.165, 1.54) is 0 Å². The molecule has 1 aliphatic heterocycles. The first kappa shape index (κ1) is 15.8. The molecule has 1 fully saturated rings. The van der Waals surface area contributed by atoms with E-state index < -0.39 is 23.7 Å². The van der Waals surface area contributed by atoms with Crippen LogP contribution in [0.1, 0.15) is 5.56 Å². The SMILES string of the molecule is C=CCOc1ccc(/C=C2\SC(=O)N(CC(=O)O)C2=O)cc1. The molecule has 0 aliphatic carbocycles. The van der Waals surface area contributed by atoms with Crippen molar-refractivity contribution in [1.82, 2.24) is 4.90 Å². The van der Waals surface area contributed by atoms with Gasteiger partial charge in [-0.15, -0.1) is 0 Å². The first-order chi connectivity index (χ1) is 10.5. The summed E-state index contributed by atoms with van der Waals surface area (Å²) < 4.78 is 5.34. The minimum Gasteiger partial charge on any atom is -0.490 e. The monoisotopic (exact) mass is 319 g/mol. The van der Waals surface area contributed by atoms with Crippen molar-refractivity contribution in [2.24, 2.45) is 0 Å². The normalized spacial score (nSPS) is 16.2. The van der Waals surface area contributed by atoms with Crippen molar-refractivity contribution in [2.75, 3.05) is 13.2 Å². The number of nitrogens with zero attached hydrogens (tertiary/aromatic N) is 1. The summed E-state index contributed by atoms with van der Waals surface area (Å²) in [5.74, 6) is -1.16. The molecule has 0 bridgehead atoms. The van der Waals surface area contributed by atoms with Gasteiger partial charge in [-0.3, -0.25) is 19.3 Å². The molecule has 0 aromatic heterocycles. The Labute approximate surface area is 131 Å². The predicted octanol–water partition coefficient (Wildman–Crippen LogP) is 2.37. The van der Waals surface area contributed by atoms with E-state index in [4.69, 9.17) is 9.84 Å². The van der Waals surface area contributed by atoms with Crippen LogP contribution in [0, 0.1) is 0 Å². The maximum atomic E-state index is 12.0. The fourth-order valence-corrected chi connectivity index (χ4v) is 2.58. The first-order valence-corrected chi connectivity index (χ1v) is 7.14. The Hall–Kier alpha value is -2.54. The average molecular weight is 319 g/mol. The summed E-state index contributed by atoms with van der Waals surface area (Å²) in [6.07, 6.45) is 3.18. The number of imide groups is 1. The Bertz CT molecular complexity index is 650. The van der Waals surface area contributed by atoms with E-state index in [2.05, 4.69) is 6.58 Å². The molecule has 0 radical (unpaired) electrons. The number of carbonyl (C=O) groups excluding carboxylic acids is 2. The minimum absolute atomic E-state index is 0.200. The molecule has 2 amide bonds. The van der Waals surface area contributed by atoms with Crippen molar-refractivity contribution in [1.29, 1.82) is 0 Å². The van der Waals surface area contributed by atoms with Gasteiger partial charge in [-0.05, 0) is 35.5 Å². The number of hydrogen-bond donors (Lipinski definition) is 1. The van der Waals surface area contributed by atoms with E-state index in [0.29, 0.717) is 22.8 Å². The van der Waals surface area contributed by atoms with Crippen molar-refractivity contribution in [3.05, 3.63) is 47.4 Å². The quantitative estimate of drug-likeness (QED) is 0.640. The predicted molar refractivity (Wildman–Crippen MR) is 82.4 cm³/mol. The number of benzene rings is 1. The van der Waals surface area contributed by atoms with Crippen molar-refractivity contribution >= 4 is 35.0 Å². The number of carboxylic acids is 1. The highest BCUT2D eigenvalue weighted by molar-refractivity contribution is 8.18. The van der Waals surface area contributed by atoms with Gasteiger partial charge < -0.3 is 9.84 Å². The number of carbonyl (C=O) groups is 3. The summed E-state index contributed by atoms with van der Waals surface area (Å²) in [7, 11) is 0. The molecule has 114 valence electrons. The molecule has 0 spiro atoms. The molecule has 1 N–H and O–H groups in total. The Morgan fingerprint density at radius 2 is 2.00 bits per heavy atom. The van der Waals surface area contributed by atoms with Crippen LogP contribution in [0.3, 0.4) is 0 Å². The number of thioether (sulfide) groups is 1. The molecular formula is C15H13NO5S. The Morgan fingerprint density at radius 1 is 1.32 bits per heavy atom. The van der Waals surface area contributed by atoms with Crippen LogP contribution in [0.25, 0.3) is 6.08 Å². The number of hydrogen-bond acceptors (Lipinski definition) is 5. The van der Waals surface area contributed by atoms with E-state index >= 15 is 0 Å². The van der Waals surface area contributed by atoms with Gasteiger partial charge in [-0.1, -0.05) is 24.8 Å². The van der Waals surface area contributed by atoms with Crippen molar-refractivity contribution in [3.63, 3.8) is 0 Å². The molecule has 7 heteroatoms. The van der Waals surface area contributed by atoms with Crippen LogP contribution in [0.15, 0.2) is 41.8 Å². The molecule has 6 nitrogen and oxygen atoms in total. The van der Waals surface area contributed by atoms with Crippen LogP contribution in [0.5, 0.6) is 5.75 Å². The number of carboxylic acid groups (broad SMARTS) is 1. The molecule has 0 atom stereocenters. The second-order valence-corrected chi connectivity index (χ2v) is 5.32. The van der Waals surface area contributed by atoms with E-state index in [1.807, 2.05) is 0 Å². The summed E-state index contributed by atoms with van der Waals surface area (Å²) in [6, 6.07) is 6.95. The lowest BCUT2D eigenvalue weighted by Crippen LogP contribution is -2.33. The molecule has 0 unspecified atom stereocenters. The van der Waals surface area contributed by atoms with Gasteiger partial charge in [0.1, 0.15) is 18.9 Å². The van der Waals surface area contributed by atoms with Crippen LogP contribution >= 0.6 is 11.8 Å². The van der Waals surface area contributed by atoms with Crippen LogP contribution in [0.4, 0.5) is 4.79 Å². The fraction of sp³-hybridized carbons (Fsp3) is 0.133. The Kier molecular flexibility index (Phi) is 5.00. The lowest BCUT2D eigenvalue weighted by molar-refractivity contribution is -0.140. The topological polar surface area (TPSA) is 83.9 Å². The summed E-state index contributed by atoms with van der Waals surface area (Å²) in [5.41, 5.74) is 0.715. The standard InChI is InChI=1S/C15H13NO5S/c1-2-7-21-11-5-3-10(4-6-11)8-12-14(19)16(9-13(17)18)15(20)22-12/h2-6,8H,1,7,9H2,(H,17,18)/b12-8-. The van der Waals surface area contributed by atoms with E-state index in [1.54, 1.807) is 36.4 Å². The zero-order chi connectivity index (χ0) is 16.1. The van der Waals surface area contributed by atoms with E-state index in [-0.39, 0.29) is 4.91 Å². The van der Waals surface area contributed by atoms with Gasteiger partial charge in [0.05, 0.1) is 4.91 Å². The van der Waals surface area contributed by atoms with Crippen molar-refractivity contribution in [2.45, 2.75) is 0 Å². The summed E-state index contributed by atoms with van der Waals surface area (Å²) in [4.78, 5) is 35.2. The summed E-state index contributed by atoms with van der Waals surface area (Å²) >= 11 is 0.727. The molecule has 1 heterocycles. The van der Waals surface area contributed by atoms with Gasteiger partial charge in [0.25, 0.3) is 11.1 Å². The van der Waals surface area contributed by atoms with Gasteiger partial charge in [0.15, 0.2) is 0 Å². The maximum Gasteiger partial charge on any atom is 0.323 e. The molecule has 22 heavy (non-hydrogen) atoms. The van der Waals surface area contributed by atoms with Crippen LogP contribution in [0.2, 0.25) is 0 Å². The number of amides is 2. The van der Waals surface area contributed by atoms with Gasteiger partial charge in [-0.2, -0.15) is 0 Å². The van der Waals surface area contributed by atoms with E-state index in [9.17, 15) is 14.4 Å². The molecule has 1 aliphatic rings. The molecule has 1 aromatic rings. The second kappa shape index (κ2) is 6.95. The largest absolute Gasteiger partial charge is 0.490 e. The Morgan fingerprint density at radius 3 is 2.59 bits per heavy atom. The maximum absolute atomic E-state index is 12.0. The fourth-order valence-electron chi connectivity index (χ4n) is 1.74. The van der Waals surface area contributed by atoms with E-state index in [0.717, 1.165) is 11.8 Å². The third kappa shape index (κ3) is 3.76. The zero-order valence-electron chi connectivity index (χ0n) is 11.5. The highest BCUT2D eigenvalue weighted by atomic mass is 32.2. The van der Waals surface area contributed by atoms with Crippen molar-refractivity contribution in [3.8, 4) is 5.75 Å². The summed E-state index contributed by atoms with van der Waals surface area (Å²) in [6.45, 7) is 3.32. The highest BCUT2D eigenvalue weighted by Crippen LogP contribution is 2.32. The Balaban J connectivity index is 2.12. The zero-order valence-corrected chi connectivity index (χ0v) is 12.3. The third-order valence-electron chi connectivity index (χ3n) is 2.71. The van der Waals surface area contributed by atoms with Gasteiger partial charge in [0.2, 0.25) is 0 Å². The van der Waals surface area contributed by atoms with Gasteiger partial charge >= 0.3 is 5.97 Å². The molecule has 0 saturated carbocycles. The minimum atomic E-state index is -1.23. The van der Waals surface area contributed by atoms with Crippen LogP contribution < -0.4 is 4.74 Å². The lowest BCUT2D eigenvalue weighted by atomic mass is 10.2. The average Bonchev–Trinajstić information content (AvgIpc) is 2.74. The first-order valence-electron chi connectivity index (χ1n) is 6.32. The van der Waals surface area contributed by atoms with Crippen LogP contribution in [-0.4, -0.2) is 40.3 Å². The second-order valence-electron chi connectivity index (χ2n) is 4.33. The lowest BCUT2D eigenvalue weighted by Gasteiger charge is -2.07. The van der Waals surface area contributed by atoms with Gasteiger partial charge in [-0.25, -0.2) is 0 Å². The van der Waals surface area contributed by atoms with Crippen LogP contribution in [-0.2, 0) is 9.59 Å². The highest BCUT2D eigenvalue weighted by Gasteiger charge is 2.36. The smallest absolute Gasteiger partial charge is 0.323 e. The molecule has 1 aromatic carbocycles. The summed E-state index contributed by atoms with van der Waals surface area (Å²) in [5, 5.41) is 8.11.